The number of nitrogens with zero attached hydrogens (tertiary/aromatic N) is 3. The van der Waals surface area contributed by atoms with Crippen LogP contribution >= 0.6 is 0 Å². The molecule has 2 aromatic carbocycles. The Bertz CT molecular complexity index is 1210. The predicted octanol–water partition coefficient (Wildman–Crippen LogP) is 5.18. The number of carbonyl (C=O) groups is 1. The van der Waals surface area contributed by atoms with Crippen molar-refractivity contribution in [2.24, 2.45) is 0 Å². The van der Waals surface area contributed by atoms with E-state index in [4.69, 9.17) is 4.74 Å². The molecule has 31 heavy (non-hydrogen) atoms. The molecule has 6 nitrogen and oxygen atoms in total. The molecule has 4 aromatic rings. The minimum atomic E-state index is -0.140. The number of anilines is 1. The Morgan fingerprint density at radius 3 is 2.42 bits per heavy atom. The van der Waals surface area contributed by atoms with E-state index >= 15 is 0 Å². The number of aromatic nitrogens is 3. The van der Waals surface area contributed by atoms with Gasteiger partial charge < -0.3 is 10.1 Å². The van der Waals surface area contributed by atoms with Crippen molar-refractivity contribution in [3.8, 4) is 16.9 Å². The monoisotopic (exact) mass is 414 g/mol. The first-order valence-corrected chi connectivity index (χ1v) is 10.3. The van der Waals surface area contributed by atoms with Crippen LogP contribution in [0.1, 0.15) is 31.0 Å². The molecule has 0 saturated carbocycles. The number of ether oxygens (including phenoxy) is 1. The van der Waals surface area contributed by atoms with Crippen LogP contribution in [-0.4, -0.2) is 27.8 Å². The topological polar surface area (TPSA) is 69.0 Å². The van der Waals surface area contributed by atoms with Gasteiger partial charge >= 0.3 is 0 Å². The minimum Gasteiger partial charge on any atom is -0.497 e. The molecule has 0 aliphatic carbocycles. The van der Waals surface area contributed by atoms with E-state index in [0.29, 0.717) is 11.6 Å². The first-order chi connectivity index (χ1) is 15.0. The summed E-state index contributed by atoms with van der Waals surface area (Å²) >= 11 is 0. The molecule has 0 spiro atoms. The van der Waals surface area contributed by atoms with Crippen LogP contribution < -0.4 is 10.1 Å². The van der Waals surface area contributed by atoms with Gasteiger partial charge in [0.1, 0.15) is 12.3 Å². The quantitative estimate of drug-likeness (QED) is 0.472. The SMILES string of the molecule is COc1ccc(-c2ccnc3c2c(C)nn3CC(=O)Nc2ccc(C(C)C)cc2)cc1. The Labute approximate surface area is 181 Å². The fourth-order valence-electron chi connectivity index (χ4n) is 3.69. The number of fused-ring (bicyclic) bond motifs is 1. The highest BCUT2D eigenvalue weighted by atomic mass is 16.5. The fraction of sp³-hybridized carbons (Fsp3) is 0.240. The summed E-state index contributed by atoms with van der Waals surface area (Å²) in [7, 11) is 1.65. The molecule has 6 heteroatoms. The normalized spacial score (nSPS) is 11.1. The zero-order valence-electron chi connectivity index (χ0n) is 18.2. The first-order valence-electron chi connectivity index (χ1n) is 10.3. The lowest BCUT2D eigenvalue weighted by Gasteiger charge is -2.09. The molecule has 0 bridgehead atoms. The van der Waals surface area contributed by atoms with Crippen LogP contribution in [0, 0.1) is 6.92 Å². The molecule has 0 saturated heterocycles. The second-order valence-corrected chi connectivity index (χ2v) is 7.85. The smallest absolute Gasteiger partial charge is 0.246 e. The van der Waals surface area contributed by atoms with Gasteiger partial charge in [-0.15, -0.1) is 0 Å². The second-order valence-electron chi connectivity index (χ2n) is 7.85. The van der Waals surface area contributed by atoms with Crippen molar-refractivity contribution in [3.05, 3.63) is 72.1 Å². The molecule has 158 valence electrons. The summed E-state index contributed by atoms with van der Waals surface area (Å²) < 4.78 is 6.92. The highest BCUT2D eigenvalue weighted by molar-refractivity contribution is 5.96. The second kappa shape index (κ2) is 8.60. The maximum atomic E-state index is 12.7. The van der Waals surface area contributed by atoms with Crippen LogP contribution in [0.4, 0.5) is 5.69 Å². The number of hydrogen-bond donors (Lipinski definition) is 1. The van der Waals surface area contributed by atoms with Crippen LogP contribution in [0.15, 0.2) is 60.8 Å². The zero-order chi connectivity index (χ0) is 22.0. The van der Waals surface area contributed by atoms with Crippen LogP contribution in [0.3, 0.4) is 0 Å². The van der Waals surface area contributed by atoms with Gasteiger partial charge in [-0.1, -0.05) is 38.1 Å². The molecule has 2 aromatic heterocycles. The van der Waals surface area contributed by atoms with E-state index in [1.165, 1.54) is 5.56 Å². The van der Waals surface area contributed by atoms with E-state index in [-0.39, 0.29) is 12.5 Å². The van der Waals surface area contributed by atoms with E-state index in [9.17, 15) is 4.79 Å². The Morgan fingerprint density at radius 2 is 1.77 bits per heavy atom. The average Bonchev–Trinajstić information content (AvgIpc) is 3.09. The zero-order valence-corrected chi connectivity index (χ0v) is 18.2. The van der Waals surface area contributed by atoms with Crippen molar-refractivity contribution in [2.75, 3.05) is 12.4 Å². The summed E-state index contributed by atoms with van der Waals surface area (Å²) in [6.45, 7) is 6.32. The van der Waals surface area contributed by atoms with Gasteiger partial charge in [0.05, 0.1) is 12.8 Å². The summed E-state index contributed by atoms with van der Waals surface area (Å²) in [6, 6.07) is 17.8. The number of benzene rings is 2. The van der Waals surface area contributed by atoms with Crippen molar-refractivity contribution < 1.29 is 9.53 Å². The van der Waals surface area contributed by atoms with Crippen LogP contribution in [0.5, 0.6) is 5.75 Å². The van der Waals surface area contributed by atoms with Crippen LogP contribution in [-0.2, 0) is 11.3 Å². The first kappa shape index (κ1) is 20.6. The van der Waals surface area contributed by atoms with E-state index < -0.39 is 0 Å². The van der Waals surface area contributed by atoms with E-state index in [1.807, 2.05) is 61.5 Å². The number of nitrogens with one attached hydrogen (secondary N) is 1. The van der Waals surface area contributed by atoms with Gasteiger partial charge in [-0.05, 0) is 59.9 Å². The van der Waals surface area contributed by atoms with Crippen molar-refractivity contribution in [1.29, 1.82) is 0 Å². The maximum Gasteiger partial charge on any atom is 0.246 e. The Hall–Kier alpha value is -3.67. The molecule has 0 radical (unpaired) electrons. The standard InChI is InChI=1S/C25H26N4O2/c1-16(2)18-5-9-20(10-6-18)27-23(30)15-29-25-24(17(3)28-29)22(13-14-26-25)19-7-11-21(31-4)12-8-19/h5-14,16H,15H2,1-4H3,(H,27,30). The summed E-state index contributed by atoms with van der Waals surface area (Å²) in [5.41, 5.74) is 5.61. The predicted molar refractivity (Wildman–Crippen MR) is 123 cm³/mol. The molecule has 1 amide bonds. The summed E-state index contributed by atoms with van der Waals surface area (Å²) in [4.78, 5) is 17.2. The number of amides is 1. The number of carbonyl (C=O) groups excluding carboxylic acids is 1. The van der Waals surface area contributed by atoms with E-state index in [0.717, 1.165) is 33.6 Å². The van der Waals surface area contributed by atoms with E-state index in [1.54, 1.807) is 18.0 Å². The molecule has 0 aliphatic rings. The van der Waals surface area contributed by atoms with Gasteiger partial charge in [-0.25, -0.2) is 9.67 Å². The number of aryl methyl sites for hydroxylation is 1. The van der Waals surface area contributed by atoms with E-state index in [2.05, 4.69) is 29.2 Å². The van der Waals surface area contributed by atoms with Crippen LogP contribution in [0.25, 0.3) is 22.2 Å². The number of pyridine rings is 1. The van der Waals surface area contributed by atoms with Crippen molar-refractivity contribution in [1.82, 2.24) is 14.8 Å². The molecule has 0 unspecified atom stereocenters. The Balaban J connectivity index is 1.59. The molecule has 2 heterocycles. The lowest BCUT2D eigenvalue weighted by molar-refractivity contribution is -0.116. The molecule has 0 aliphatic heterocycles. The van der Waals surface area contributed by atoms with Crippen molar-refractivity contribution in [2.45, 2.75) is 33.2 Å². The third-order valence-electron chi connectivity index (χ3n) is 5.36. The van der Waals surface area contributed by atoms with Crippen LogP contribution in [0.2, 0.25) is 0 Å². The summed E-state index contributed by atoms with van der Waals surface area (Å²) in [6.07, 6.45) is 1.75. The Morgan fingerprint density at radius 1 is 1.06 bits per heavy atom. The minimum absolute atomic E-state index is 0.0926. The van der Waals surface area contributed by atoms with Crippen molar-refractivity contribution >= 4 is 22.6 Å². The van der Waals surface area contributed by atoms with Gasteiger partial charge in [-0.2, -0.15) is 5.10 Å². The third kappa shape index (κ3) is 4.28. The average molecular weight is 415 g/mol. The van der Waals surface area contributed by atoms with Gasteiger partial charge in [0.2, 0.25) is 5.91 Å². The third-order valence-corrected chi connectivity index (χ3v) is 5.36. The molecule has 0 atom stereocenters. The lowest BCUT2D eigenvalue weighted by Crippen LogP contribution is -2.19. The highest BCUT2D eigenvalue weighted by Crippen LogP contribution is 2.31. The van der Waals surface area contributed by atoms with Gasteiger partial charge in [0, 0.05) is 17.3 Å². The number of rotatable bonds is 6. The maximum absolute atomic E-state index is 12.7. The molecular formula is C25H26N4O2. The molecular weight excluding hydrogens is 388 g/mol. The van der Waals surface area contributed by atoms with Gasteiger partial charge in [0.25, 0.3) is 0 Å². The fourth-order valence-corrected chi connectivity index (χ4v) is 3.69. The number of methoxy groups -OCH3 is 1. The largest absolute Gasteiger partial charge is 0.497 e. The summed E-state index contributed by atoms with van der Waals surface area (Å²) in [5, 5.41) is 8.49. The molecule has 1 N–H and O–H groups in total. The Kier molecular flexibility index (Phi) is 5.71. The summed E-state index contributed by atoms with van der Waals surface area (Å²) in [5.74, 6) is 1.12. The molecule has 0 fully saturated rings. The number of hydrogen-bond acceptors (Lipinski definition) is 4. The highest BCUT2D eigenvalue weighted by Gasteiger charge is 2.16. The van der Waals surface area contributed by atoms with Gasteiger partial charge in [0.15, 0.2) is 5.65 Å². The van der Waals surface area contributed by atoms with Gasteiger partial charge in [-0.3, -0.25) is 4.79 Å². The molecule has 4 rings (SSSR count). The van der Waals surface area contributed by atoms with Crippen molar-refractivity contribution in [3.63, 3.8) is 0 Å². The lowest BCUT2D eigenvalue weighted by atomic mass is 10.0.